The number of likely N-dealkylation sites (N-methyl/N-ethyl adjacent to an activating group) is 1. The first-order valence-electron chi connectivity index (χ1n) is 11.4. The van der Waals surface area contributed by atoms with Crippen molar-refractivity contribution in [2.75, 3.05) is 63.2 Å². The summed E-state index contributed by atoms with van der Waals surface area (Å²) in [6.07, 6.45) is 2.44. The molecule has 2 fully saturated rings. The van der Waals surface area contributed by atoms with Crippen molar-refractivity contribution in [3.63, 3.8) is 0 Å². The number of rotatable bonds is 6. The highest BCUT2D eigenvalue weighted by Crippen LogP contribution is 2.31. The minimum atomic E-state index is -0.237. The second kappa shape index (κ2) is 8.99. The van der Waals surface area contributed by atoms with E-state index < -0.39 is 0 Å². The molecule has 30 heavy (non-hydrogen) atoms. The van der Waals surface area contributed by atoms with E-state index in [1.54, 1.807) is 7.11 Å². The topological polar surface area (TPSA) is 19.0 Å². The van der Waals surface area contributed by atoms with Crippen molar-refractivity contribution < 1.29 is 4.74 Å². The van der Waals surface area contributed by atoms with Gasteiger partial charge in [0, 0.05) is 57.8 Å². The van der Waals surface area contributed by atoms with Gasteiger partial charge in [0.2, 0.25) is 0 Å². The van der Waals surface area contributed by atoms with Crippen LogP contribution < -0.4 is 9.80 Å². The summed E-state index contributed by atoms with van der Waals surface area (Å²) in [4.78, 5) is 7.55. The molecule has 0 radical (unpaired) electrons. The average molecular weight is 408 g/mol. The van der Waals surface area contributed by atoms with Crippen molar-refractivity contribution in [1.29, 1.82) is 0 Å². The lowest BCUT2D eigenvalue weighted by atomic mass is 9.96. The number of piperazine rings is 1. The Morgan fingerprint density at radius 3 is 2.30 bits per heavy atom. The molecule has 0 aromatic heterocycles. The fourth-order valence-corrected chi connectivity index (χ4v) is 4.78. The maximum atomic E-state index is 5.62. The minimum absolute atomic E-state index is 0.237. The van der Waals surface area contributed by atoms with Gasteiger partial charge in [-0.05, 0) is 69.0 Å². The molecular formula is C26H37N3O. The molecular weight excluding hydrogens is 370 g/mol. The van der Waals surface area contributed by atoms with Gasteiger partial charge in [0.25, 0.3) is 0 Å². The summed E-state index contributed by atoms with van der Waals surface area (Å²) < 4.78 is 5.62. The van der Waals surface area contributed by atoms with Gasteiger partial charge in [0.1, 0.15) is 0 Å². The maximum Gasteiger partial charge on any atom is 0.0871 e. The zero-order valence-corrected chi connectivity index (χ0v) is 19.1. The first kappa shape index (κ1) is 21.2. The van der Waals surface area contributed by atoms with Crippen molar-refractivity contribution in [3.05, 3.63) is 59.7 Å². The highest BCUT2D eigenvalue weighted by molar-refractivity contribution is 5.55. The molecule has 4 rings (SSSR count). The third-order valence-corrected chi connectivity index (χ3v) is 7.07. The highest BCUT2D eigenvalue weighted by Gasteiger charge is 2.26. The molecule has 4 heteroatoms. The molecule has 0 aliphatic carbocycles. The van der Waals surface area contributed by atoms with E-state index in [1.807, 2.05) is 0 Å². The lowest BCUT2D eigenvalue weighted by Crippen LogP contribution is -2.44. The van der Waals surface area contributed by atoms with Gasteiger partial charge in [-0.25, -0.2) is 0 Å². The van der Waals surface area contributed by atoms with E-state index >= 15 is 0 Å². The lowest BCUT2D eigenvalue weighted by molar-refractivity contribution is 0.0192. The Labute approximate surface area is 182 Å². The van der Waals surface area contributed by atoms with Crippen LogP contribution in [0.3, 0.4) is 0 Å². The maximum absolute atomic E-state index is 5.62. The Bertz CT molecular complexity index is 824. The van der Waals surface area contributed by atoms with E-state index in [4.69, 9.17) is 4.74 Å². The van der Waals surface area contributed by atoms with Gasteiger partial charge in [-0.15, -0.1) is 0 Å². The largest absolute Gasteiger partial charge is 0.374 e. The third kappa shape index (κ3) is 4.65. The minimum Gasteiger partial charge on any atom is -0.374 e. The zero-order valence-electron chi connectivity index (χ0n) is 19.1. The molecule has 0 bridgehead atoms. The number of benzene rings is 2. The van der Waals surface area contributed by atoms with Gasteiger partial charge in [0.05, 0.1) is 5.60 Å². The smallest absolute Gasteiger partial charge is 0.0871 e. The summed E-state index contributed by atoms with van der Waals surface area (Å²) in [6, 6.07) is 18.0. The highest BCUT2D eigenvalue weighted by atomic mass is 16.5. The summed E-state index contributed by atoms with van der Waals surface area (Å²) in [7, 11) is 4.00. The number of anilines is 2. The second-order valence-corrected chi connectivity index (χ2v) is 9.49. The van der Waals surface area contributed by atoms with Crippen molar-refractivity contribution >= 4 is 11.4 Å². The predicted octanol–water partition coefficient (Wildman–Crippen LogP) is 4.39. The monoisotopic (exact) mass is 407 g/mol. The second-order valence-electron chi connectivity index (χ2n) is 9.49. The summed E-state index contributed by atoms with van der Waals surface area (Å²) in [5.41, 5.74) is 5.30. The standard InChI is InChI=1S/C26H37N3O/c1-26(2,30-4)23-9-11-24(12-10-23)29-14-13-21(20-29)19-22-7-5-6-8-25(22)28-17-15-27(3)16-18-28/h5-12,21H,13-20H2,1-4H3. The SMILES string of the molecule is COC(C)(C)c1ccc(N2CCC(Cc3ccccc3N3CCN(C)CC3)C2)cc1. The molecule has 0 amide bonds. The van der Waals surface area contributed by atoms with Crippen LogP contribution in [0.15, 0.2) is 48.5 Å². The van der Waals surface area contributed by atoms with Gasteiger partial charge in [-0.2, -0.15) is 0 Å². The van der Waals surface area contributed by atoms with Gasteiger partial charge >= 0.3 is 0 Å². The van der Waals surface area contributed by atoms with Gasteiger partial charge in [-0.1, -0.05) is 30.3 Å². The van der Waals surface area contributed by atoms with Crippen LogP contribution in [0.5, 0.6) is 0 Å². The predicted molar refractivity (Wildman–Crippen MR) is 127 cm³/mol. The van der Waals surface area contributed by atoms with Crippen LogP contribution in [-0.4, -0.2) is 58.3 Å². The number of methoxy groups -OCH3 is 1. The van der Waals surface area contributed by atoms with Crippen LogP contribution in [0.2, 0.25) is 0 Å². The first-order chi connectivity index (χ1) is 14.5. The van der Waals surface area contributed by atoms with Crippen LogP contribution >= 0.6 is 0 Å². The van der Waals surface area contributed by atoms with E-state index in [-0.39, 0.29) is 5.60 Å². The van der Waals surface area contributed by atoms with E-state index in [2.05, 4.69) is 84.1 Å². The van der Waals surface area contributed by atoms with Crippen LogP contribution in [0.1, 0.15) is 31.4 Å². The molecule has 0 spiro atoms. The van der Waals surface area contributed by atoms with Gasteiger partial charge in [0.15, 0.2) is 0 Å². The molecule has 1 unspecified atom stereocenters. The molecule has 0 N–H and O–H groups in total. The number of para-hydroxylation sites is 1. The van der Waals surface area contributed by atoms with E-state index in [1.165, 1.54) is 35.3 Å². The molecule has 0 saturated carbocycles. The fraction of sp³-hybridized carbons (Fsp3) is 0.538. The van der Waals surface area contributed by atoms with Crippen molar-refractivity contribution in [1.82, 2.24) is 4.90 Å². The molecule has 2 heterocycles. The Kier molecular flexibility index (Phi) is 6.35. The fourth-order valence-electron chi connectivity index (χ4n) is 4.78. The summed E-state index contributed by atoms with van der Waals surface area (Å²) in [6.45, 7) is 11.1. The van der Waals surface area contributed by atoms with E-state index in [9.17, 15) is 0 Å². The van der Waals surface area contributed by atoms with E-state index in [0.717, 1.165) is 39.3 Å². The van der Waals surface area contributed by atoms with Crippen molar-refractivity contribution in [2.24, 2.45) is 5.92 Å². The third-order valence-electron chi connectivity index (χ3n) is 7.07. The lowest BCUT2D eigenvalue weighted by Gasteiger charge is -2.35. The molecule has 2 saturated heterocycles. The Morgan fingerprint density at radius 2 is 1.60 bits per heavy atom. The van der Waals surface area contributed by atoms with Crippen LogP contribution in [0.25, 0.3) is 0 Å². The average Bonchev–Trinajstić information content (AvgIpc) is 3.23. The number of hydrogen-bond acceptors (Lipinski definition) is 4. The summed E-state index contributed by atoms with van der Waals surface area (Å²) in [5, 5.41) is 0. The number of ether oxygens (including phenoxy) is 1. The molecule has 1 atom stereocenters. The van der Waals surface area contributed by atoms with Crippen LogP contribution in [-0.2, 0) is 16.8 Å². The molecule has 2 aliphatic heterocycles. The normalized spacial score (nSPS) is 20.7. The van der Waals surface area contributed by atoms with Gasteiger partial charge < -0.3 is 19.4 Å². The van der Waals surface area contributed by atoms with Crippen LogP contribution in [0, 0.1) is 5.92 Å². The molecule has 2 aromatic rings. The molecule has 2 aromatic carbocycles. The number of nitrogens with zero attached hydrogens (tertiary/aromatic N) is 3. The Balaban J connectivity index is 1.40. The summed E-state index contributed by atoms with van der Waals surface area (Å²) >= 11 is 0. The first-order valence-corrected chi connectivity index (χ1v) is 11.4. The quantitative estimate of drug-likeness (QED) is 0.707. The molecule has 162 valence electrons. The van der Waals surface area contributed by atoms with E-state index in [0.29, 0.717) is 5.92 Å². The zero-order chi connectivity index (χ0) is 21.1. The van der Waals surface area contributed by atoms with Crippen molar-refractivity contribution in [2.45, 2.75) is 32.3 Å². The van der Waals surface area contributed by atoms with Crippen molar-refractivity contribution in [3.8, 4) is 0 Å². The number of hydrogen-bond donors (Lipinski definition) is 0. The molecule has 2 aliphatic rings. The molecule has 4 nitrogen and oxygen atoms in total. The summed E-state index contributed by atoms with van der Waals surface area (Å²) in [5.74, 6) is 0.716. The van der Waals surface area contributed by atoms with Gasteiger partial charge in [-0.3, -0.25) is 0 Å². The van der Waals surface area contributed by atoms with Crippen LogP contribution in [0.4, 0.5) is 11.4 Å². The Morgan fingerprint density at radius 1 is 0.900 bits per heavy atom. The Hall–Kier alpha value is -2.04.